The van der Waals surface area contributed by atoms with Crippen molar-refractivity contribution in [1.29, 1.82) is 0 Å². The van der Waals surface area contributed by atoms with E-state index >= 15 is 0 Å². The van der Waals surface area contributed by atoms with Gasteiger partial charge < -0.3 is 9.50 Å². The van der Waals surface area contributed by atoms with Crippen molar-refractivity contribution in [2.24, 2.45) is 0 Å². The van der Waals surface area contributed by atoms with Gasteiger partial charge in [-0.2, -0.15) is 0 Å². The summed E-state index contributed by atoms with van der Waals surface area (Å²) >= 11 is 0.991. The van der Waals surface area contributed by atoms with E-state index in [4.69, 9.17) is 4.18 Å². The van der Waals surface area contributed by atoms with E-state index in [0.717, 1.165) is 22.5 Å². The van der Waals surface area contributed by atoms with Gasteiger partial charge in [0.1, 0.15) is 0 Å². The Kier molecular flexibility index (Phi) is 5.71. The Bertz CT molecular complexity index is 911. The van der Waals surface area contributed by atoms with E-state index in [1.807, 2.05) is 49.4 Å². The third-order valence-corrected chi connectivity index (χ3v) is 4.42. The SMILES string of the molecule is Cc1cccc(C(=O)OSc2ccccc2)c1NC(=O)c1ccccc1. The second-order valence-corrected chi connectivity index (χ2v) is 6.39. The molecule has 1 amide bonds. The maximum absolute atomic E-state index is 12.5. The Hall–Kier alpha value is -3.05. The topological polar surface area (TPSA) is 55.4 Å². The lowest BCUT2D eigenvalue weighted by molar-refractivity contribution is 0.0769. The molecule has 0 aromatic heterocycles. The Labute approximate surface area is 156 Å². The summed E-state index contributed by atoms with van der Waals surface area (Å²) in [5, 5.41) is 2.83. The lowest BCUT2D eigenvalue weighted by Gasteiger charge is -2.13. The van der Waals surface area contributed by atoms with Crippen molar-refractivity contribution < 1.29 is 13.8 Å². The summed E-state index contributed by atoms with van der Waals surface area (Å²) in [6.45, 7) is 1.84. The summed E-state index contributed by atoms with van der Waals surface area (Å²) in [7, 11) is 0. The van der Waals surface area contributed by atoms with Crippen LogP contribution in [0, 0.1) is 6.92 Å². The Morgan fingerprint density at radius 1 is 0.846 bits per heavy atom. The zero-order valence-corrected chi connectivity index (χ0v) is 15.0. The number of rotatable bonds is 5. The maximum atomic E-state index is 12.5. The predicted octanol–water partition coefficient (Wildman–Crippen LogP) is 5.11. The van der Waals surface area contributed by atoms with Crippen molar-refractivity contribution in [3.05, 3.63) is 95.6 Å². The molecule has 0 saturated carbocycles. The second kappa shape index (κ2) is 8.36. The smallest absolute Gasteiger partial charge is 0.352 e. The van der Waals surface area contributed by atoms with Crippen LogP contribution in [0.3, 0.4) is 0 Å². The summed E-state index contributed by atoms with van der Waals surface area (Å²) in [5.74, 6) is -0.782. The minimum atomic E-state index is -0.508. The monoisotopic (exact) mass is 363 g/mol. The minimum Gasteiger partial charge on any atom is -0.382 e. The van der Waals surface area contributed by atoms with Gasteiger partial charge in [-0.1, -0.05) is 48.5 Å². The van der Waals surface area contributed by atoms with Crippen molar-refractivity contribution in [2.75, 3.05) is 5.32 Å². The van der Waals surface area contributed by atoms with Crippen LogP contribution in [0.25, 0.3) is 0 Å². The standard InChI is InChI=1S/C21H17NO3S/c1-15-9-8-14-18(21(24)25-26-17-12-6-3-7-13-17)19(15)22-20(23)16-10-4-2-5-11-16/h2-14H,1H3,(H,22,23). The van der Waals surface area contributed by atoms with E-state index in [9.17, 15) is 9.59 Å². The number of aryl methyl sites for hydroxylation is 1. The normalized spacial score (nSPS) is 10.2. The molecule has 0 aliphatic rings. The Morgan fingerprint density at radius 2 is 1.50 bits per heavy atom. The number of carbonyl (C=O) groups excluding carboxylic acids is 2. The van der Waals surface area contributed by atoms with Gasteiger partial charge in [-0.15, -0.1) is 0 Å². The fourth-order valence-electron chi connectivity index (χ4n) is 2.39. The van der Waals surface area contributed by atoms with Gasteiger partial charge in [0.2, 0.25) is 0 Å². The van der Waals surface area contributed by atoms with Crippen molar-refractivity contribution in [3.8, 4) is 0 Å². The highest BCUT2D eigenvalue weighted by atomic mass is 32.2. The highest BCUT2D eigenvalue weighted by Crippen LogP contribution is 2.26. The molecule has 0 aliphatic carbocycles. The molecule has 0 atom stereocenters. The van der Waals surface area contributed by atoms with Crippen LogP contribution in [0.5, 0.6) is 0 Å². The van der Waals surface area contributed by atoms with Crippen LogP contribution in [0.4, 0.5) is 5.69 Å². The molecule has 0 radical (unpaired) electrons. The zero-order valence-electron chi connectivity index (χ0n) is 14.1. The van der Waals surface area contributed by atoms with Crippen molar-refractivity contribution in [3.63, 3.8) is 0 Å². The van der Waals surface area contributed by atoms with Gasteiger partial charge in [-0.25, -0.2) is 4.79 Å². The summed E-state index contributed by atoms with van der Waals surface area (Å²) in [6.07, 6.45) is 0. The molecule has 0 unspecified atom stereocenters. The quantitative estimate of drug-likeness (QED) is 0.640. The third-order valence-electron chi connectivity index (χ3n) is 3.72. The van der Waals surface area contributed by atoms with Gasteiger partial charge in [0, 0.05) is 10.5 Å². The molecule has 0 fully saturated rings. The first kappa shape index (κ1) is 17.8. The predicted molar refractivity (Wildman–Crippen MR) is 103 cm³/mol. The fraction of sp³-hybridized carbons (Fsp3) is 0.0476. The van der Waals surface area contributed by atoms with Gasteiger partial charge >= 0.3 is 5.97 Å². The number of anilines is 1. The lowest BCUT2D eigenvalue weighted by atomic mass is 10.1. The number of para-hydroxylation sites is 1. The van der Waals surface area contributed by atoms with Crippen molar-refractivity contribution in [1.82, 2.24) is 0 Å². The van der Waals surface area contributed by atoms with Crippen molar-refractivity contribution in [2.45, 2.75) is 11.8 Å². The van der Waals surface area contributed by atoms with Crippen LogP contribution in [-0.4, -0.2) is 11.9 Å². The molecule has 4 nitrogen and oxygen atoms in total. The third kappa shape index (κ3) is 4.32. The summed E-state index contributed by atoms with van der Waals surface area (Å²) in [4.78, 5) is 25.8. The van der Waals surface area contributed by atoms with Crippen LogP contribution in [0.2, 0.25) is 0 Å². The molecule has 3 aromatic carbocycles. The molecule has 0 heterocycles. The number of hydrogen-bond acceptors (Lipinski definition) is 4. The first-order chi connectivity index (χ1) is 12.6. The molecule has 26 heavy (non-hydrogen) atoms. The molecule has 0 saturated heterocycles. The largest absolute Gasteiger partial charge is 0.382 e. The first-order valence-electron chi connectivity index (χ1n) is 8.05. The van der Waals surface area contributed by atoms with E-state index in [1.54, 1.807) is 36.4 Å². The highest BCUT2D eigenvalue weighted by Gasteiger charge is 2.18. The summed E-state index contributed by atoms with van der Waals surface area (Å²) in [6, 6.07) is 23.4. The number of carbonyl (C=O) groups is 2. The van der Waals surface area contributed by atoms with E-state index in [0.29, 0.717) is 16.8 Å². The zero-order chi connectivity index (χ0) is 18.4. The average molecular weight is 363 g/mol. The summed E-state index contributed by atoms with van der Waals surface area (Å²) < 4.78 is 5.32. The van der Waals surface area contributed by atoms with Crippen molar-refractivity contribution >= 4 is 29.6 Å². The number of amides is 1. The number of hydrogen-bond donors (Lipinski definition) is 1. The Balaban J connectivity index is 1.78. The fourth-order valence-corrected chi connectivity index (χ4v) is 2.92. The maximum Gasteiger partial charge on any atom is 0.352 e. The van der Waals surface area contributed by atoms with Gasteiger partial charge in [-0.3, -0.25) is 4.79 Å². The van der Waals surface area contributed by atoms with Crippen LogP contribution in [-0.2, 0) is 4.18 Å². The second-order valence-electron chi connectivity index (χ2n) is 5.58. The molecule has 0 bridgehead atoms. The van der Waals surface area contributed by atoms with E-state index in [-0.39, 0.29) is 5.91 Å². The molecule has 130 valence electrons. The summed E-state index contributed by atoms with van der Waals surface area (Å²) in [5.41, 5.74) is 2.08. The van der Waals surface area contributed by atoms with Gasteiger partial charge in [0.05, 0.1) is 23.3 Å². The van der Waals surface area contributed by atoms with Crippen LogP contribution < -0.4 is 5.32 Å². The molecule has 0 spiro atoms. The van der Waals surface area contributed by atoms with Crippen LogP contribution in [0.1, 0.15) is 26.3 Å². The molecular weight excluding hydrogens is 346 g/mol. The first-order valence-corrected chi connectivity index (χ1v) is 8.79. The van der Waals surface area contributed by atoms with E-state index in [2.05, 4.69) is 5.32 Å². The van der Waals surface area contributed by atoms with Crippen LogP contribution in [0.15, 0.2) is 83.8 Å². The molecule has 3 rings (SSSR count). The average Bonchev–Trinajstić information content (AvgIpc) is 2.69. The molecule has 3 aromatic rings. The van der Waals surface area contributed by atoms with Gasteiger partial charge in [-0.05, 0) is 42.8 Å². The molecule has 1 N–H and O–H groups in total. The van der Waals surface area contributed by atoms with Gasteiger partial charge in [0.25, 0.3) is 5.91 Å². The van der Waals surface area contributed by atoms with Crippen LogP contribution >= 0.6 is 12.0 Å². The lowest BCUT2D eigenvalue weighted by Crippen LogP contribution is -2.16. The highest BCUT2D eigenvalue weighted by molar-refractivity contribution is 7.95. The van der Waals surface area contributed by atoms with E-state index in [1.165, 1.54) is 0 Å². The molecular formula is C21H17NO3S. The molecule has 5 heteroatoms. The minimum absolute atomic E-state index is 0.273. The number of benzene rings is 3. The number of nitrogens with one attached hydrogen (secondary N) is 1. The molecule has 0 aliphatic heterocycles. The Morgan fingerprint density at radius 3 is 2.19 bits per heavy atom. The van der Waals surface area contributed by atoms with E-state index < -0.39 is 5.97 Å². The van der Waals surface area contributed by atoms with Gasteiger partial charge in [0.15, 0.2) is 0 Å².